The van der Waals surface area contributed by atoms with Gasteiger partial charge < -0.3 is 10.6 Å². The Morgan fingerprint density at radius 2 is 1.96 bits per heavy atom. The van der Waals surface area contributed by atoms with Crippen LogP contribution < -0.4 is 10.6 Å². The number of benzene rings is 2. The number of hydrogen-bond donors (Lipinski definition) is 2. The average Bonchev–Trinajstić information content (AvgIpc) is 3.00. The van der Waals surface area contributed by atoms with Gasteiger partial charge in [0.2, 0.25) is 5.91 Å². The van der Waals surface area contributed by atoms with E-state index in [1.807, 2.05) is 30.3 Å². The van der Waals surface area contributed by atoms with Crippen LogP contribution >= 0.6 is 0 Å². The number of nitrogens with zero attached hydrogens (tertiary/aromatic N) is 2. The van der Waals surface area contributed by atoms with Gasteiger partial charge in [0.15, 0.2) is 0 Å². The first-order valence-corrected chi connectivity index (χ1v) is 8.43. The fourth-order valence-corrected chi connectivity index (χ4v) is 2.95. The minimum absolute atomic E-state index is 0.00791. The van der Waals surface area contributed by atoms with Crippen LogP contribution in [0.2, 0.25) is 0 Å². The highest BCUT2D eigenvalue weighted by molar-refractivity contribution is 6.05. The van der Waals surface area contributed by atoms with Crippen molar-refractivity contribution in [3.05, 3.63) is 71.9 Å². The molecule has 0 radical (unpaired) electrons. The number of hydrogen-bond acceptors (Lipinski definition) is 4. The van der Waals surface area contributed by atoms with Crippen LogP contribution in [0.25, 0.3) is 10.9 Å². The molecule has 1 fully saturated rings. The van der Waals surface area contributed by atoms with E-state index in [-0.39, 0.29) is 24.9 Å². The minimum atomic E-state index is -0.419. The van der Waals surface area contributed by atoms with Gasteiger partial charge in [0.25, 0.3) is 5.91 Å². The topological polar surface area (TPSA) is 91.4 Å². The van der Waals surface area contributed by atoms with Gasteiger partial charge in [-0.15, -0.1) is 0 Å². The van der Waals surface area contributed by atoms with Crippen molar-refractivity contribution < 1.29 is 14.4 Å². The predicted octanol–water partition coefficient (Wildman–Crippen LogP) is 2.54. The summed E-state index contributed by atoms with van der Waals surface area (Å²) in [6.07, 6.45) is 1.61. The molecule has 2 aromatic carbocycles. The van der Waals surface area contributed by atoms with Gasteiger partial charge in [-0.05, 0) is 29.8 Å². The third-order valence-corrected chi connectivity index (χ3v) is 4.32. The van der Waals surface area contributed by atoms with E-state index >= 15 is 0 Å². The molecule has 2 N–H and O–H groups in total. The number of aromatic nitrogens is 1. The Hall–Kier alpha value is -3.74. The normalized spacial score (nSPS) is 13.7. The number of fused-ring (bicyclic) bond motifs is 1. The van der Waals surface area contributed by atoms with Crippen LogP contribution in [0.5, 0.6) is 0 Å². The molecule has 0 unspecified atom stereocenters. The summed E-state index contributed by atoms with van der Waals surface area (Å²) in [4.78, 5) is 41.4. The van der Waals surface area contributed by atoms with Crippen LogP contribution in [-0.2, 0) is 11.3 Å². The van der Waals surface area contributed by atoms with E-state index < -0.39 is 6.03 Å². The Kier molecular flexibility index (Phi) is 4.25. The molecule has 27 heavy (non-hydrogen) atoms. The Morgan fingerprint density at radius 3 is 2.78 bits per heavy atom. The van der Waals surface area contributed by atoms with Crippen LogP contribution in [0.15, 0.2) is 60.8 Å². The second-order valence-electron chi connectivity index (χ2n) is 6.21. The summed E-state index contributed by atoms with van der Waals surface area (Å²) < 4.78 is 0. The van der Waals surface area contributed by atoms with E-state index in [1.165, 1.54) is 0 Å². The quantitative estimate of drug-likeness (QED) is 0.700. The van der Waals surface area contributed by atoms with Gasteiger partial charge in [-0.2, -0.15) is 0 Å². The molecule has 2 heterocycles. The number of urea groups is 1. The molecule has 0 spiro atoms. The number of carbonyl (C=O) groups excluding carboxylic acids is 3. The summed E-state index contributed by atoms with van der Waals surface area (Å²) in [6, 6.07) is 15.9. The monoisotopic (exact) mass is 360 g/mol. The van der Waals surface area contributed by atoms with Crippen LogP contribution in [-0.4, -0.2) is 34.3 Å². The minimum Gasteiger partial charge on any atom is -0.329 e. The largest absolute Gasteiger partial charge is 0.329 e. The summed E-state index contributed by atoms with van der Waals surface area (Å²) in [7, 11) is 0. The molecule has 3 aromatic rings. The smallest absolute Gasteiger partial charge is 0.324 e. The molecular weight excluding hydrogens is 344 g/mol. The number of amides is 4. The molecule has 0 bridgehead atoms. The molecule has 4 amide bonds. The molecule has 1 aliphatic rings. The molecular formula is C20H16N4O3. The van der Waals surface area contributed by atoms with E-state index in [0.717, 1.165) is 15.8 Å². The lowest BCUT2D eigenvalue weighted by Crippen LogP contribution is -2.30. The van der Waals surface area contributed by atoms with Crippen molar-refractivity contribution in [2.75, 3.05) is 11.9 Å². The SMILES string of the molecule is O=C(Nc1cnc2ccccc2c1)c1cccc(CN2C(=O)CNC2=O)c1. The van der Waals surface area contributed by atoms with Crippen molar-refractivity contribution in [1.29, 1.82) is 0 Å². The van der Waals surface area contributed by atoms with Crippen LogP contribution in [0, 0.1) is 0 Å². The Bertz CT molecular complexity index is 1050. The van der Waals surface area contributed by atoms with E-state index in [4.69, 9.17) is 0 Å². The maximum absolute atomic E-state index is 12.6. The molecule has 0 atom stereocenters. The zero-order chi connectivity index (χ0) is 18.8. The van der Waals surface area contributed by atoms with Crippen molar-refractivity contribution in [1.82, 2.24) is 15.2 Å². The third-order valence-electron chi connectivity index (χ3n) is 4.32. The lowest BCUT2D eigenvalue weighted by molar-refractivity contribution is -0.125. The third kappa shape index (κ3) is 3.48. The van der Waals surface area contributed by atoms with Crippen LogP contribution in [0.1, 0.15) is 15.9 Å². The predicted molar refractivity (Wildman–Crippen MR) is 100 cm³/mol. The second-order valence-corrected chi connectivity index (χ2v) is 6.21. The number of nitrogens with one attached hydrogen (secondary N) is 2. The van der Waals surface area contributed by atoms with E-state index in [1.54, 1.807) is 30.5 Å². The van der Waals surface area contributed by atoms with Gasteiger partial charge in [0, 0.05) is 10.9 Å². The summed E-state index contributed by atoms with van der Waals surface area (Å²) in [5.74, 6) is -0.566. The first-order chi connectivity index (χ1) is 13.1. The molecule has 0 saturated carbocycles. The van der Waals surface area contributed by atoms with Crippen LogP contribution in [0.4, 0.5) is 10.5 Å². The first-order valence-electron chi connectivity index (χ1n) is 8.43. The van der Waals surface area contributed by atoms with Crippen molar-refractivity contribution in [2.45, 2.75) is 6.54 Å². The fourth-order valence-electron chi connectivity index (χ4n) is 2.95. The number of imide groups is 1. The first kappa shape index (κ1) is 16.7. The molecule has 1 saturated heterocycles. The molecule has 1 aliphatic heterocycles. The average molecular weight is 360 g/mol. The summed E-state index contributed by atoms with van der Waals surface area (Å²) in [6.45, 7) is 0.136. The van der Waals surface area contributed by atoms with E-state index in [0.29, 0.717) is 16.8 Å². The van der Waals surface area contributed by atoms with Gasteiger partial charge in [0.05, 0.1) is 30.5 Å². The Balaban J connectivity index is 1.51. The summed E-state index contributed by atoms with van der Waals surface area (Å²) in [5.41, 5.74) is 2.58. The van der Waals surface area contributed by atoms with Crippen molar-refractivity contribution in [2.24, 2.45) is 0 Å². The lowest BCUT2D eigenvalue weighted by atomic mass is 10.1. The van der Waals surface area contributed by atoms with Crippen LogP contribution in [0.3, 0.4) is 0 Å². The van der Waals surface area contributed by atoms with Crippen molar-refractivity contribution in [3.8, 4) is 0 Å². The number of carbonyl (C=O) groups is 3. The number of pyridine rings is 1. The maximum Gasteiger partial charge on any atom is 0.324 e. The molecule has 7 nitrogen and oxygen atoms in total. The van der Waals surface area contributed by atoms with Gasteiger partial charge in [0.1, 0.15) is 0 Å². The lowest BCUT2D eigenvalue weighted by Gasteiger charge is -2.13. The van der Waals surface area contributed by atoms with Crippen molar-refractivity contribution >= 4 is 34.4 Å². The number of rotatable bonds is 4. The molecule has 7 heteroatoms. The number of anilines is 1. The highest BCUT2D eigenvalue weighted by Gasteiger charge is 2.28. The summed E-state index contributed by atoms with van der Waals surface area (Å²) in [5, 5.41) is 6.24. The van der Waals surface area contributed by atoms with Gasteiger partial charge >= 0.3 is 6.03 Å². The molecule has 134 valence electrons. The van der Waals surface area contributed by atoms with Gasteiger partial charge in [-0.25, -0.2) is 4.79 Å². The zero-order valence-electron chi connectivity index (χ0n) is 14.3. The number of para-hydroxylation sites is 1. The Labute approximate surface area is 155 Å². The Morgan fingerprint density at radius 1 is 1.11 bits per heavy atom. The summed E-state index contributed by atoms with van der Waals surface area (Å²) >= 11 is 0. The maximum atomic E-state index is 12.6. The van der Waals surface area contributed by atoms with Gasteiger partial charge in [-0.1, -0.05) is 30.3 Å². The second kappa shape index (κ2) is 6.87. The van der Waals surface area contributed by atoms with Crippen molar-refractivity contribution in [3.63, 3.8) is 0 Å². The zero-order valence-corrected chi connectivity index (χ0v) is 14.3. The van der Waals surface area contributed by atoms with E-state index in [9.17, 15) is 14.4 Å². The molecule has 4 rings (SSSR count). The highest BCUT2D eigenvalue weighted by Crippen LogP contribution is 2.17. The highest BCUT2D eigenvalue weighted by atomic mass is 16.2. The fraction of sp³-hybridized carbons (Fsp3) is 0.100. The van der Waals surface area contributed by atoms with Gasteiger partial charge in [-0.3, -0.25) is 19.5 Å². The standard InChI is InChI=1S/C20H16N4O3/c25-18-11-22-20(27)24(18)12-13-4-3-6-15(8-13)19(26)23-16-9-14-5-1-2-7-17(14)21-10-16/h1-10H,11-12H2,(H,22,27)(H,23,26). The molecule has 0 aliphatic carbocycles. The van der Waals surface area contributed by atoms with E-state index in [2.05, 4.69) is 15.6 Å². The molecule has 1 aromatic heterocycles.